The third-order valence-corrected chi connectivity index (χ3v) is 5.31. The molecule has 20 heavy (non-hydrogen) atoms. The van der Waals surface area contributed by atoms with Gasteiger partial charge < -0.3 is 5.11 Å². The number of nitrogens with zero attached hydrogens (tertiary/aromatic N) is 1. The first kappa shape index (κ1) is 13.9. The van der Waals surface area contributed by atoms with Gasteiger partial charge in [-0.15, -0.1) is 0 Å². The predicted octanol–water partition coefficient (Wildman–Crippen LogP) is 3.48. The quantitative estimate of drug-likeness (QED) is 0.903. The molecule has 0 aromatic heterocycles. The van der Waals surface area contributed by atoms with Crippen LogP contribution in [0.5, 0.6) is 0 Å². The molecule has 2 heterocycles. The molecule has 3 fully saturated rings. The van der Waals surface area contributed by atoms with E-state index in [0.29, 0.717) is 0 Å². The standard InChI is InChI=1S/C16H20ClNO2/c1-11-2-3-12(6-14(11)17)9-18-10-13-7-16(18,8-13)5-4-15(19)20/h2-3,6,13H,4-5,7-10H2,1H3,(H,19,20). The molecule has 0 spiro atoms. The van der Waals surface area contributed by atoms with E-state index in [9.17, 15) is 4.79 Å². The zero-order chi connectivity index (χ0) is 14.3. The first-order chi connectivity index (χ1) is 9.48. The van der Waals surface area contributed by atoms with E-state index in [-0.39, 0.29) is 12.0 Å². The molecule has 0 atom stereocenters. The van der Waals surface area contributed by atoms with Crippen molar-refractivity contribution in [1.29, 1.82) is 0 Å². The van der Waals surface area contributed by atoms with E-state index in [0.717, 1.165) is 36.0 Å². The lowest BCUT2D eigenvalue weighted by Gasteiger charge is -2.42. The maximum atomic E-state index is 10.8. The number of hydrogen-bond donors (Lipinski definition) is 1. The van der Waals surface area contributed by atoms with E-state index in [1.165, 1.54) is 18.4 Å². The van der Waals surface area contributed by atoms with Crippen LogP contribution < -0.4 is 0 Å². The zero-order valence-corrected chi connectivity index (χ0v) is 12.5. The van der Waals surface area contributed by atoms with E-state index < -0.39 is 5.97 Å². The van der Waals surface area contributed by atoms with Crippen LogP contribution in [-0.2, 0) is 11.3 Å². The summed E-state index contributed by atoms with van der Waals surface area (Å²) in [6, 6.07) is 6.22. The van der Waals surface area contributed by atoms with E-state index in [1.807, 2.05) is 13.0 Å². The van der Waals surface area contributed by atoms with Crippen molar-refractivity contribution in [1.82, 2.24) is 4.90 Å². The van der Waals surface area contributed by atoms with E-state index in [2.05, 4.69) is 17.0 Å². The van der Waals surface area contributed by atoms with Crippen molar-refractivity contribution in [2.45, 2.75) is 44.7 Å². The Morgan fingerprint density at radius 1 is 1.50 bits per heavy atom. The van der Waals surface area contributed by atoms with Gasteiger partial charge in [0.2, 0.25) is 0 Å². The molecule has 1 aromatic carbocycles. The van der Waals surface area contributed by atoms with Crippen molar-refractivity contribution in [3.8, 4) is 0 Å². The maximum Gasteiger partial charge on any atom is 0.303 e. The molecule has 1 aliphatic carbocycles. The number of aryl methyl sites for hydroxylation is 1. The van der Waals surface area contributed by atoms with E-state index in [4.69, 9.17) is 16.7 Å². The number of benzene rings is 1. The van der Waals surface area contributed by atoms with Gasteiger partial charge in [-0.05, 0) is 49.3 Å². The van der Waals surface area contributed by atoms with Gasteiger partial charge in [-0.3, -0.25) is 9.69 Å². The van der Waals surface area contributed by atoms with Crippen LogP contribution in [0.1, 0.15) is 36.8 Å². The van der Waals surface area contributed by atoms with Gasteiger partial charge in [-0.2, -0.15) is 0 Å². The summed E-state index contributed by atoms with van der Waals surface area (Å²) in [6.07, 6.45) is 3.38. The second kappa shape index (κ2) is 5.05. The number of carboxylic acids is 1. The van der Waals surface area contributed by atoms with Crippen LogP contribution in [0.4, 0.5) is 0 Å². The van der Waals surface area contributed by atoms with Gasteiger partial charge in [-0.25, -0.2) is 0 Å². The average molecular weight is 294 g/mol. The number of hydrogen-bond acceptors (Lipinski definition) is 2. The van der Waals surface area contributed by atoms with Crippen LogP contribution in [-0.4, -0.2) is 28.1 Å². The zero-order valence-electron chi connectivity index (χ0n) is 11.7. The lowest BCUT2D eigenvalue weighted by Crippen LogP contribution is -2.45. The second-order valence-corrected chi connectivity index (χ2v) is 6.76. The average Bonchev–Trinajstić information content (AvgIpc) is 2.85. The Hall–Kier alpha value is -1.06. The molecule has 1 N–H and O–H groups in total. The normalized spacial score (nSPS) is 28.4. The van der Waals surface area contributed by atoms with Crippen molar-refractivity contribution in [3.63, 3.8) is 0 Å². The van der Waals surface area contributed by atoms with Gasteiger partial charge in [0.25, 0.3) is 0 Å². The number of halogens is 1. The van der Waals surface area contributed by atoms with Gasteiger partial charge in [0.1, 0.15) is 0 Å². The molecule has 1 saturated carbocycles. The Labute approximate surface area is 124 Å². The highest BCUT2D eigenvalue weighted by atomic mass is 35.5. The highest BCUT2D eigenvalue weighted by Gasteiger charge is 2.55. The van der Waals surface area contributed by atoms with Crippen LogP contribution in [0, 0.1) is 12.8 Å². The fraction of sp³-hybridized carbons (Fsp3) is 0.562. The molecule has 4 heteroatoms. The maximum absolute atomic E-state index is 10.8. The topological polar surface area (TPSA) is 40.5 Å². The van der Waals surface area contributed by atoms with Crippen LogP contribution in [0.25, 0.3) is 0 Å². The Balaban J connectivity index is 1.70. The highest BCUT2D eigenvalue weighted by Crippen LogP contribution is 2.53. The van der Waals surface area contributed by atoms with Crippen LogP contribution >= 0.6 is 11.6 Å². The minimum atomic E-state index is -0.687. The van der Waals surface area contributed by atoms with Gasteiger partial charge in [0.05, 0.1) is 0 Å². The Kier molecular flexibility index (Phi) is 3.51. The monoisotopic (exact) mass is 293 g/mol. The number of fused-ring (bicyclic) bond motifs is 1. The summed E-state index contributed by atoms with van der Waals surface area (Å²) in [4.78, 5) is 13.3. The Morgan fingerprint density at radius 3 is 2.90 bits per heavy atom. The molecule has 4 rings (SSSR count). The molecule has 108 valence electrons. The van der Waals surface area contributed by atoms with E-state index >= 15 is 0 Å². The second-order valence-electron chi connectivity index (χ2n) is 6.36. The van der Waals surface area contributed by atoms with Gasteiger partial charge in [-0.1, -0.05) is 23.7 Å². The predicted molar refractivity (Wildman–Crippen MR) is 78.9 cm³/mol. The summed E-state index contributed by atoms with van der Waals surface area (Å²) in [5, 5.41) is 9.73. The summed E-state index contributed by atoms with van der Waals surface area (Å²) in [7, 11) is 0. The molecule has 1 aromatic rings. The Bertz CT molecular complexity index is 537. The summed E-state index contributed by atoms with van der Waals surface area (Å²) in [6.45, 7) is 3.99. The van der Waals surface area contributed by atoms with Crippen molar-refractivity contribution in [2.24, 2.45) is 5.92 Å². The molecule has 0 radical (unpaired) electrons. The molecule has 2 aliphatic heterocycles. The minimum absolute atomic E-state index is 0.139. The third kappa shape index (κ3) is 2.45. The number of carboxylic acid groups (broad SMARTS) is 1. The Morgan fingerprint density at radius 2 is 2.25 bits per heavy atom. The molecule has 3 aliphatic rings. The number of aliphatic carboxylic acids is 1. The van der Waals surface area contributed by atoms with Crippen molar-refractivity contribution >= 4 is 17.6 Å². The van der Waals surface area contributed by atoms with Gasteiger partial charge in [0, 0.05) is 30.1 Å². The van der Waals surface area contributed by atoms with Crippen molar-refractivity contribution < 1.29 is 9.90 Å². The fourth-order valence-electron chi connectivity index (χ4n) is 3.80. The summed E-state index contributed by atoms with van der Waals surface area (Å²) >= 11 is 6.19. The van der Waals surface area contributed by atoms with Crippen LogP contribution in [0.2, 0.25) is 5.02 Å². The van der Waals surface area contributed by atoms with Crippen molar-refractivity contribution in [3.05, 3.63) is 34.3 Å². The molecular formula is C16H20ClNO2. The van der Waals surface area contributed by atoms with Gasteiger partial charge in [0.15, 0.2) is 0 Å². The summed E-state index contributed by atoms with van der Waals surface area (Å²) in [5.41, 5.74) is 2.46. The number of rotatable bonds is 5. The molecule has 3 nitrogen and oxygen atoms in total. The first-order valence-electron chi connectivity index (χ1n) is 7.20. The first-order valence-corrected chi connectivity index (χ1v) is 7.58. The highest BCUT2D eigenvalue weighted by molar-refractivity contribution is 6.31. The van der Waals surface area contributed by atoms with E-state index in [1.54, 1.807) is 0 Å². The summed E-state index contributed by atoms with van der Waals surface area (Å²) < 4.78 is 0. The molecule has 2 saturated heterocycles. The van der Waals surface area contributed by atoms with Crippen molar-refractivity contribution in [2.75, 3.05) is 6.54 Å². The lowest BCUT2D eigenvalue weighted by molar-refractivity contribution is -0.138. The van der Waals surface area contributed by atoms with Gasteiger partial charge >= 0.3 is 5.97 Å². The fourth-order valence-corrected chi connectivity index (χ4v) is 4.00. The molecule has 2 bridgehead atoms. The third-order valence-electron chi connectivity index (χ3n) is 4.90. The molecule has 0 amide bonds. The van der Waals surface area contributed by atoms with Crippen LogP contribution in [0.15, 0.2) is 18.2 Å². The van der Waals surface area contributed by atoms with Crippen LogP contribution in [0.3, 0.4) is 0 Å². The SMILES string of the molecule is Cc1ccc(CN2CC3CC2(CCC(=O)O)C3)cc1Cl. The molecule has 0 unspecified atom stereocenters. The lowest BCUT2D eigenvalue weighted by atomic mass is 9.70. The minimum Gasteiger partial charge on any atom is -0.481 e. The summed E-state index contributed by atoms with van der Waals surface area (Å²) in [5.74, 6) is 0.0813. The molecular weight excluding hydrogens is 274 g/mol. The smallest absolute Gasteiger partial charge is 0.303 e. The number of carbonyl (C=O) groups is 1. The largest absolute Gasteiger partial charge is 0.481 e.